The molecule has 1 aliphatic heterocycles. The number of nitrogens with one attached hydrogen (secondary N) is 1. The first-order valence-corrected chi connectivity index (χ1v) is 13.8. The van der Waals surface area contributed by atoms with Crippen LogP contribution in [0.1, 0.15) is 30.5 Å². The summed E-state index contributed by atoms with van der Waals surface area (Å²) in [6.45, 7) is 1.53. The number of hydrogen-bond acceptors (Lipinski definition) is 5. The number of halogens is 2. The van der Waals surface area contributed by atoms with Gasteiger partial charge in [0.05, 0.1) is 22.4 Å². The number of sulfonamides is 2. The average molecular weight is 522 g/mol. The topological polar surface area (TPSA) is 95.9 Å². The van der Waals surface area contributed by atoms with Gasteiger partial charge in [-0.2, -0.15) is 17.9 Å². The molecule has 0 saturated heterocycles. The van der Waals surface area contributed by atoms with Crippen LogP contribution in [0.2, 0.25) is 5.02 Å². The van der Waals surface area contributed by atoms with Crippen LogP contribution in [-0.4, -0.2) is 32.7 Å². The zero-order valence-electron chi connectivity index (χ0n) is 18.0. The van der Waals surface area contributed by atoms with Crippen LogP contribution < -0.4 is 4.72 Å². The molecule has 0 unspecified atom stereocenters. The highest BCUT2D eigenvalue weighted by atomic mass is 35.5. The third kappa shape index (κ3) is 5.08. The first kappa shape index (κ1) is 24.2. The molecule has 0 fully saturated rings. The third-order valence-corrected chi connectivity index (χ3v) is 8.59. The van der Waals surface area contributed by atoms with Crippen LogP contribution in [0.25, 0.3) is 0 Å². The Kier molecular flexibility index (Phi) is 6.66. The van der Waals surface area contributed by atoms with Crippen LogP contribution in [-0.2, 0) is 20.0 Å². The molecule has 0 aromatic heterocycles. The van der Waals surface area contributed by atoms with Gasteiger partial charge in [-0.1, -0.05) is 35.9 Å². The number of nitrogens with zero attached hydrogens (tertiary/aromatic N) is 2. The Morgan fingerprint density at radius 3 is 2.35 bits per heavy atom. The van der Waals surface area contributed by atoms with Gasteiger partial charge in [-0.3, -0.25) is 4.72 Å². The Hall–Kier alpha value is -2.95. The summed E-state index contributed by atoms with van der Waals surface area (Å²) >= 11 is 5.91. The highest BCUT2D eigenvalue weighted by molar-refractivity contribution is 7.92. The van der Waals surface area contributed by atoms with E-state index < -0.39 is 31.9 Å². The van der Waals surface area contributed by atoms with Gasteiger partial charge in [0.2, 0.25) is 10.0 Å². The van der Waals surface area contributed by atoms with Crippen LogP contribution >= 0.6 is 11.6 Å². The van der Waals surface area contributed by atoms with E-state index in [1.54, 1.807) is 24.3 Å². The molecule has 3 aromatic rings. The van der Waals surface area contributed by atoms with Crippen molar-refractivity contribution < 1.29 is 21.2 Å². The molecule has 4 rings (SSSR count). The van der Waals surface area contributed by atoms with E-state index in [-0.39, 0.29) is 17.1 Å². The number of rotatable bonds is 7. The number of hydrogen-bond donors (Lipinski definition) is 1. The molecule has 1 atom stereocenters. The Bertz CT molecular complexity index is 1440. The number of anilines is 1. The van der Waals surface area contributed by atoms with E-state index in [9.17, 15) is 21.2 Å². The van der Waals surface area contributed by atoms with Gasteiger partial charge >= 0.3 is 0 Å². The van der Waals surface area contributed by atoms with Crippen molar-refractivity contribution >= 4 is 43.0 Å². The minimum Gasteiger partial charge on any atom is -0.284 e. The Labute approximate surface area is 203 Å². The van der Waals surface area contributed by atoms with Gasteiger partial charge in [0.15, 0.2) is 0 Å². The van der Waals surface area contributed by atoms with Gasteiger partial charge in [-0.25, -0.2) is 12.8 Å². The van der Waals surface area contributed by atoms with Crippen LogP contribution in [0.3, 0.4) is 0 Å². The maximum Gasteiger partial charge on any atom is 0.279 e. The summed E-state index contributed by atoms with van der Waals surface area (Å²) in [6.07, 6.45) is 0.211. The third-order valence-electron chi connectivity index (χ3n) is 5.33. The number of hydrazone groups is 1. The van der Waals surface area contributed by atoms with Crippen molar-refractivity contribution in [1.29, 1.82) is 0 Å². The van der Waals surface area contributed by atoms with E-state index in [2.05, 4.69) is 9.82 Å². The highest BCUT2D eigenvalue weighted by Crippen LogP contribution is 2.37. The maximum atomic E-state index is 13.5. The summed E-state index contributed by atoms with van der Waals surface area (Å²) in [5.74, 6) is -0.524. The lowest BCUT2D eigenvalue weighted by atomic mass is 9.99. The maximum absolute atomic E-state index is 13.5. The van der Waals surface area contributed by atoms with Gasteiger partial charge in [0.1, 0.15) is 5.82 Å². The summed E-state index contributed by atoms with van der Waals surface area (Å²) in [7, 11) is -7.55. The first-order valence-electron chi connectivity index (χ1n) is 10.3. The standard InChI is InChI=1S/C23H21ClFN3O4S2/c1-2-33(29,30)27-20-5-3-4-17(14-20)22-15-23(16-6-10-19(25)11-7-16)28(26-22)34(31,32)21-12-8-18(24)9-13-21/h3-14,23,27H,2,15H2,1H3/t23-/m0/s1. The number of benzene rings is 3. The predicted octanol–water partition coefficient (Wildman–Crippen LogP) is 4.78. The van der Waals surface area contributed by atoms with Crippen molar-refractivity contribution in [1.82, 2.24) is 4.41 Å². The molecule has 11 heteroatoms. The summed E-state index contributed by atoms with van der Waals surface area (Å²) < 4.78 is 67.9. The molecule has 0 saturated carbocycles. The van der Waals surface area contributed by atoms with Gasteiger partial charge in [0.25, 0.3) is 10.0 Å². The van der Waals surface area contributed by atoms with Gasteiger partial charge in [-0.15, -0.1) is 0 Å². The SMILES string of the molecule is CCS(=O)(=O)Nc1cccc(C2=NN(S(=O)(=O)c3ccc(Cl)cc3)[C@H](c3ccc(F)cc3)C2)c1. The molecule has 0 amide bonds. The molecule has 1 aliphatic rings. The predicted molar refractivity (Wildman–Crippen MR) is 130 cm³/mol. The molecule has 0 radical (unpaired) electrons. The fraction of sp³-hybridized carbons (Fsp3) is 0.174. The van der Waals surface area contributed by atoms with Crippen LogP contribution in [0.15, 0.2) is 82.8 Å². The lowest BCUT2D eigenvalue weighted by Crippen LogP contribution is -2.27. The second-order valence-corrected chi connectivity index (χ2v) is 11.9. The Morgan fingerprint density at radius 1 is 1.03 bits per heavy atom. The summed E-state index contributed by atoms with van der Waals surface area (Å²) in [4.78, 5) is 0.0125. The molecule has 178 valence electrons. The van der Waals surface area contributed by atoms with Gasteiger partial charge in [-0.05, 0) is 66.6 Å². The second kappa shape index (κ2) is 9.36. The molecule has 0 bridgehead atoms. The van der Waals surface area contributed by atoms with E-state index >= 15 is 0 Å². The molecular formula is C23H21ClFN3O4S2. The molecular weight excluding hydrogens is 501 g/mol. The van der Waals surface area contributed by atoms with E-state index in [0.717, 1.165) is 4.41 Å². The van der Waals surface area contributed by atoms with Crippen molar-refractivity contribution in [2.45, 2.75) is 24.3 Å². The zero-order valence-corrected chi connectivity index (χ0v) is 20.4. The van der Waals surface area contributed by atoms with Crippen LogP contribution in [0.4, 0.5) is 10.1 Å². The smallest absolute Gasteiger partial charge is 0.279 e. The summed E-state index contributed by atoms with van der Waals surface area (Å²) in [6, 6.07) is 17.2. The zero-order chi connectivity index (χ0) is 24.5. The van der Waals surface area contributed by atoms with Crippen LogP contribution in [0, 0.1) is 5.82 Å². The fourth-order valence-corrected chi connectivity index (χ4v) is 5.74. The average Bonchev–Trinajstić information content (AvgIpc) is 3.26. The minimum absolute atomic E-state index is 0.0125. The molecule has 1 heterocycles. The van der Waals surface area contributed by atoms with E-state index in [4.69, 9.17) is 11.6 Å². The van der Waals surface area contributed by atoms with Crippen LogP contribution in [0.5, 0.6) is 0 Å². The van der Waals surface area contributed by atoms with Crippen molar-refractivity contribution in [3.8, 4) is 0 Å². The van der Waals surface area contributed by atoms with Gasteiger partial charge in [0, 0.05) is 17.1 Å². The monoisotopic (exact) mass is 521 g/mol. The fourth-order valence-electron chi connectivity index (χ4n) is 3.55. The summed E-state index contributed by atoms with van der Waals surface area (Å²) in [5.41, 5.74) is 1.93. The van der Waals surface area contributed by atoms with Crippen molar-refractivity contribution in [3.05, 3.63) is 94.8 Å². The second-order valence-electron chi connectivity index (χ2n) is 7.64. The lowest BCUT2D eigenvalue weighted by molar-refractivity contribution is 0.371. The molecule has 34 heavy (non-hydrogen) atoms. The van der Waals surface area contributed by atoms with Crippen molar-refractivity contribution in [3.63, 3.8) is 0 Å². The van der Waals surface area contributed by atoms with Crippen molar-refractivity contribution in [2.24, 2.45) is 5.10 Å². The molecule has 0 spiro atoms. The highest BCUT2D eigenvalue weighted by Gasteiger charge is 2.37. The Balaban J connectivity index is 1.76. The minimum atomic E-state index is -4.06. The lowest BCUT2D eigenvalue weighted by Gasteiger charge is -2.23. The molecule has 7 nitrogen and oxygen atoms in total. The largest absolute Gasteiger partial charge is 0.284 e. The normalized spacial score (nSPS) is 16.4. The molecule has 1 N–H and O–H groups in total. The molecule has 0 aliphatic carbocycles. The quantitative estimate of drug-likeness (QED) is 0.484. The van der Waals surface area contributed by atoms with E-state index in [1.165, 1.54) is 55.5 Å². The van der Waals surface area contributed by atoms with E-state index in [1.807, 2.05) is 0 Å². The van der Waals surface area contributed by atoms with Gasteiger partial charge < -0.3 is 0 Å². The van der Waals surface area contributed by atoms with Crippen molar-refractivity contribution in [2.75, 3.05) is 10.5 Å². The molecule has 3 aromatic carbocycles. The van der Waals surface area contributed by atoms with E-state index in [0.29, 0.717) is 27.5 Å². The first-order chi connectivity index (χ1) is 16.1. The Morgan fingerprint density at radius 2 is 1.71 bits per heavy atom. The summed E-state index contributed by atoms with van der Waals surface area (Å²) in [5, 5.41) is 4.82.